The van der Waals surface area contributed by atoms with E-state index in [0.29, 0.717) is 30.7 Å². The predicted molar refractivity (Wildman–Crippen MR) is 83.5 cm³/mol. The van der Waals surface area contributed by atoms with Crippen molar-refractivity contribution in [2.75, 3.05) is 26.2 Å². The van der Waals surface area contributed by atoms with Gasteiger partial charge in [-0.25, -0.2) is 8.78 Å². The number of para-hydroxylation sites is 1. The minimum atomic E-state index is -2.52. The van der Waals surface area contributed by atoms with E-state index in [1.54, 1.807) is 23.1 Å². The monoisotopic (exact) mass is 392 g/mol. The second-order valence-corrected chi connectivity index (χ2v) is 5.10. The topological polar surface area (TPSA) is 35.5 Å². The van der Waals surface area contributed by atoms with Gasteiger partial charge in [0, 0.05) is 31.7 Å². The van der Waals surface area contributed by atoms with Crippen molar-refractivity contribution in [1.82, 2.24) is 10.2 Å². The molecule has 1 saturated heterocycles. The highest BCUT2D eigenvalue weighted by Gasteiger charge is 2.32. The third-order valence-corrected chi connectivity index (χ3v) is 3.76. The maximum Gasteiger partial charge on any atom is 0.258 e. The highest BCUT2D eigenvalue weighted by molar-refractivity contribution is 9.10. The predicted octanol–water partition coefficient (Wildman–Crippen LogP) is 3.21. The van der Waals surface area contributed by atoms with Crippen LogP contribution in [0, 0.1) is 0 Å². The van der Waals surface area contributed by atoms with Crippen molar-refractivity contribution < 1.29 is 13.9 Å². The standard InChI is InChI=1S/C12H15BrF2N2O.2ClH/c13-9-3-1-2-8(11(9)18)10(12(14)15)17-6-4-16-5-7-17;;/h1-3,10,12,16,18H,4-7H2;2*1H/t10-;;/m1../s1. The van der Waals surface area contributed by atoms with Crippen molar-refractivity contribution in [2.24, 2.45) is 0 Å². The summed E-state index contributed by atoms with van der Waals surface area (Å²) in [5.41, 5.74) is 0.279. The number of aromatic hydroxyl groups is 1. The molecule has 0 amide bonds. The van der Waals surface area contributed by atoms with Crippen LogP contribution in [0.1, 0.15) is 11.6 Å². The first kappa shape index (κ1) is 19.9. The van der Waals surface area contributed by atoms with E-state index in [2.05, 4.69) is 21.2 Å². The van der Waals surface area contributed by atoms with Crippen LogP contribution in [0.25, 0.3) is 0 Å². The molecule has 0 unspecified atom stereocenters. The summed E-state index contributed by atoms with van der Waals surface area (Å²) in [7, 11) is 0. The summed E-state index contributed by atoms with van der Waals surface area (Å²) in [6, 6.07) is 3.80. The Kier molecular flexibility index (Phi) is 8.93. The van der Waals surface area contributed by atoms with Gasteiger partial charge in [-0.15, -0.1) is 24.8 Å². The van der Waals surface area contributed by atoms with Gasteiger partial charge < -0.3 is 10.4 Å². The van der Waals surface area contributed by atoms with Crippen molar-refractivity contribution in [3.05, 3.63) is 28.2 Å². The van der Waals surface area contributed by atoms with Gasteiger partial charge in [0.1, 0.15) is 11.8 Å². The van der Waals surface area contributed by atoms with E-state index in [9.17, 15) is 13.9 Å². The summed E-state index contributed by atoms with van der Waals surface area (Å²) in [6.07, 6.45) is -2.52. The van der Waals surface area contributed by atoms with Gasteiger partial charge >= 0.3 is 0 Å². The molecule has 0 radical (unpaired) electrons. The second kappa shape index (κ2) is 9.00. The average Bonchev–Trinajstić information content (AvgIpc) is 2.36. The fourth-order valence-corrected chi connectivity index (χ4v) is 2.60. The molecule has 8 heteroatoms. The normalized spacial score (nSPS) is 17.2. The number of nitrogens with one attached hydrogen (secondary N) is 1. The Morgan fingerprint density at radius 2 is 1.80 bits per heavy atom. The summed E-state index contributed by atoms with van der Waals surface area (Å²) < 4.78 is 27.0. The van der Waals surface area contributed by atoms with Gasteiger partial charge in [0.15, 0.2) is 0 Å². The molecule has 1 fully saturated rings. The van der Waals surface area contributed by atoms with Gasteiger partial charge in [0.2, 0.25) is 0 Å². The van der Waals surface area contributed by atoms with Crippen molar-refractivity contribution in [3.8, 4) is 5.75 Å². The van der Waals surface area contributed by atoms with E-state index >= 15 is 0 Å². The molecule has 2 rings (SSSR count). The minimum Gasteiger partial charge on any atom is -0.506 e. The molecule has 3 nitrogen and oxygen atoms in total. The van der Waals surface area contributed by atoms with E-state index in [1.165, 1.54) is 0 Å². The lowest BCUT2D eigenvalue weighted by atomic mass is 10.0. The van der Waals surface area contributed by atoms with Crippen LogP contribution in [0.3, 0.4) is 0 Å². The molecular weight excluding hydrogens is 377 g/mol. The number of rotatable bonds is 3. The smallest absolute Gasteiger partial charge is 0.258 e. The number of phenolic OH excluding ortho intramolecular Hbond substituents is 1. The quantitative estimate of drug-likeness (QED) is 0.827. The first-order valence-electron chi connectivity index (χ1n) is 5.81. The van der Waals surface area contributed by atoms with E-state index in [0.717, 1.165) is 0 Å². The third kappa shape index (κ3) is 4.43. The van der Waals surface area contributed by atoms with Crippen LogP contribution in [0.2, 0.25) is 0 Å². The zero-order valence-corrected chi connectivity index (χ0v) is 13.8. The molecular formula is C12H17BrCl2F2N2O. The highest BCUT2D eigenvalue weighted by Crippen LogP contribution is 2.37. The maximum atomic E-state index is 13.3. The summed E-state index contributed by atoms with van der Waals surface area (Å²) in [5.74, 6) is -0.0960. The molecule has 0 aliphatic carbocycles. The fraction of sp³-hybridized carbons (Fsp3) is 0.500. The van der Waals surface area contributed by atoms with Gasteiger partial charge in [-0.05, 0) is 22.0 Å². The fourth-order valence-electron chi connectivity index (χ4n) is 2.22. The van der Waals surface area contributed by atoms with Crippen LogP contribution >= 0.6 is 40.7 Å². The number of hydrogen-bond acceptors (Lipinski definition) is 3. The van der Waals surface area contributed by atoms with Crippen molar-refractivity contribution in [3.63, 3.8) is 0 Å². The molecule has 0 aromatic heterocycles. The minimum absolute atomic E-state index is 0. The summed E-state index contributed by atoms with van der Waals surface area (Å²) in [6.45, 7) is 2.50. The van der Waals surface area contributed by atoms with Gasteiger partial charge in [-0.1, -0.05) is 12.1 Å². The zero-order valence-electron chi connectivity index (χ0n) is 10.6. The van der Waals surface area contributed by atoms with Gasteiger partial charge in [0.05, 0.1) is 4.47 Å². The Morgan fingerprint density at radius 3 is 2.35 bits per heavy atom. The number of halogens is 5. The molecule has 1 aromatic rings. The molecule has 0 bridgehead atoms. The van der Waals surface area contributed by atoms with Crippen LogP contribution in [0.5, 0.6) is 5.75 Å². The van der Waals surface area contributed by atoms with Crippen LogP contribution in [-0.4, -0.2) is 42.6 Å². The van der Waals surface area contributed by atoms with Gasteiger partial charge in [-0.3, -0.25) is 4.90 Å². The molecule has 1 aromatic carbocycles. The lowest BCUT2D eigenvalue weighted by molar-refractivity contribution is 0.0170. The number of nitrogens with zero attached hydrogens (tertiary/aromatic N) is 1. The molecule has 2 N–H and O–H groups in total. The van der Waals surface area contributed by atoms with Gasteiger partial charge in [0.25, 0.3) is 6.43 Å². The Morgan fingerprint density at radius 1 is 1.20 bits per heavy atom. The van der Waals surface area contributed by atoms with Crippen LogP contribution in [0.4, 0.5) is 8.78 Å². The molecule has 1 heterocycles. The van der Waals surface area contributed by atoms with E-state index in [4.69, 9.17) is 0 Å². The van der Waals surface area contributed by atoms with Gasteiger partial charge in [-0.2, -0.15) is 0 Å². The van der Waals surface area contributed by atoms with Crippen LogP contribution < -0.4 is 5.32 Å². The number of hydrogen-bond donors (Lipinski definition) is 2. The Hall–Kier alpha value is -0.140. The number of phenols is 1. The molecule has 1 aliphatic rings. The lowest BCUT2D eigenvalue weighted by Gasteiger charge is -2.35. The third-order valence-electron chi connectivity index (χ3n) is 3.12. The second-order valence-electron chi connectivity index (χ2n) is 4.24. The SMILES string of the molecule is Cl.Cl.Oc1c(Br)cccc1[C@H](C(F)F)N1CCNCC1. The van der Waals surface area contributed by atoms with Crippen LogP contribution in [-0.2, 0) is 0 Å². The maximum absolute atomic E-state index is 13.3. The van der Waals surface area contributed by atoms with Crippen molar-refractivity contribution >= 4 is 40.7 Å². The first-order chi connectivity index (χ1) is 8.61. The molecule has 116 valence electrons. The summed E-state index contributed by atoms with van der Waals surface area (Å²) in [5, 5.41) is 13.1. The van der Waals surface area contributed by atoms with Crippen molar-refractivity contribution in [2.45, 2.75) is 12.5 Å². The van der Waals surface area contributed by atoms with E-state index < -0.39 is 12.5 Å². The highest BCUT2D eigenvalue weighted by atomic mass is 79.9. The number of alkyl halides is 2. The molecule has 20 heavy (non-hydrogen) atoms. The van der Waals surface area contributed by atoms with Crippen LogP contribution in [0.15, 0.2) is 22.7 Å². The summed E-state index contributed by atoms with van der Waals surface area (Å²) in [4.78, 5) is 1.71. The largest absolute Gasteiger partial charge is 0.506 e. The number of piperazine rings is 1. The lowest BCUT2D eigenvalue weighted by Crippen LogP contribution is -2.46. The van der Waals surface area contributed by atoms with E-state index in [1.807, 2.05) is 0 Å². The van der Waals surface area contributed by atoms with E-state index in [-0.39, 0.29) is 36.1 Å². The Labute approximate surface area is 137 Å². The molecule has 0 saturated carbocycles. The zero-order chi connectivity index (χ0) is 13.1. The molecule has 1 aliphatic heterocycles. The Balaban J connectivity index is 0.00000180. The molecule has 1 atom stereocenters. The Bertz CT molecular complexity index is 420. The first-order valence-corrected chi connectivity index (χ1v) is 6.61. The average molecular weight is 394 g/mol. The molecule has 0 spiro atoms. The number of benzene rings is 1. The summed E-state index contributed by atoms with van der Waals surface area (Å²) >= 11 is 3.16. The van der Waals surface area contributed by atoms with Crippen molar-refractivity contribution in [1.29, 1.82) is 0 Å².